The minimum Gasteiger partial charge on any atom is -0.218 e. The van der Waals surface area contributed by atoms with Crippen molar-refractivity contribution in [2.45, 2.75) is 6.18 Å². The van der Waals surface area contributed by atoms with Crippen molar-refractivity contribution in [2.24, 2.45) is 0 Å². The van der Waals surface area contributed by atoms with E-state index in [4.69, 9.17) is 0 Å². The summed E-state index contributed by atoms with van der Waals surface area (Å²) in [5.74, 6) is -0.481. The highest BCUT2D eigenvalue weighted by Crippen LogP contribution is 2.32. The van der Waals surface area contributed by atoms with Crippen molar-refractivity contribution in [2.75, 3.05) is 0 Å². The Morgan fingerprint density at radius 3 is 2.57 bits per heavy atom. The second kappa shape index (κ2) is 4.96. The fraction of sp³-hybridized carbons (Fsp3) is 0.0769. The van der Waals surface area contributed by atoms with Crippen molar-refractivity contribution < 1.29 is 17.6 Å². The predicted molar refractivity (Wildman–Crippen MR) is 69.6 cm³/mol. The topological polar surface area (TPSA) is 30.7 Å². The number of benzene rings is 1. The molecule has 2 heterocycles. The maximum Gasteiger partial charge on any atom is 0.433 e. The second-order valence-electron chi connectivity index (χ2n) is 4.12. The highest BCUT2D eigenvalue weighted by Gasteiger charge is 2.35. The number of rotatable bonds is 2. The van der Waals surface area contributed by atoms with Gasteiger partial charge >= 0.3 is 6.18 Å². The molecule has 1 aromatic carbocycles. The van der Waals surface area contributed by atoms with Gasteiger partial charge in [0.1, 0.15) is 5.82 Å². The van der Waals surface area contributed by atoms with Gasteiger partial charge < -0.3 is 0 Å². The zero-order valence-electron chi connectivity index (χ0n) is 10.3. The number of hydrogen-bond donors (Lipinski definition) is 0. The van der Waals surface area contributed by atoms with E-state index in [1.54, 1.807) is 6.07 Å². The molecule has 0 aliphatic carbocycles. The molecule has 108 valence electrons. The molecule has 0 atom stereocenters. The molecule has 8 heteroatoms. The molecule has 0 saturated carbocycles. The summed E-state index contributed by atoms with van der Waals surface area (Å²) in [4.78, 5) is 4.04. The quantitative estimate of drug-likeness (QED) is 0.665. The van der Waals surface area contributed by atoms with E-state index in [1.165, 1.54) is 23.6 Å². The van der Waals surface area contributed by atoms with E-state index in [2.05, 4.69) is 10.1 Å². The number of halogens is 4. The summed E-state index contributed by atoms with van der Waals surface area (Å²) in [7, 11) is 0. The zero-order valence-corrected chi connectivity index (χ0v) is 11.1. The van der Waals surface area contributed by atoms with Crippen molar-refractivity contribution in [3.05, 3.63) is 53.4 Å². The smallest absolute Gasteiger partial charge is 0.218 e. The molecule has 0 spiro atoms. The summed E-state index contributed by atoms with van der Waals surface area (Å²) in [6.45, 7) is 0. The molecule has 0 radical (unpaired) electrons. The average Bonchev–Trinajstić information content (AvgIpc) is 3.07. The van der Waals surface area contributed by atoms with E-state index < -0.39 is 17.7 Å². The third kappa shape index (κ3) is 2.54. The number of aromatic nitrogens is 3. The van der Waals surface area contributed by atoms with Gasteiger partial charge in [-0.3, -0.25) is 0 Å². The molecule has 3 aromatic rings. The van der Waals surface area contributed by atoms with E-state index >= 15 is 0 Å². The Morgan fingerprint density at radius 2 is 1.86 bits per heavy atom. The van der Waals surface area contributed by atoms with Gasteiger partial charge in [-0.05, 0) is 18.2 Å². The molecule has 0 saturated heterocycles. The lowest BCUT2D eigenvalue weighted by Crippen LogP contribution is -2.13. The van der Waals surface area contributed by atoms with Crippen LogP contribution in [0.5, 0.6) is 0 Å². The van der Waals surface area contributed by atoms with E-state index in [1.807, 2.05) is 0 Å². The van der Waals surface area contributed by atoms with Gasteiger partial charge in [-0.15, -0.1) is 11.3 Å². The van der Waals surface area contributed by atoms with Gasteiger partial charge in [0.05, 0.1) is 11.9 Å². The molecular weight excluding hydrogens is 306 g/mol. The molecule has 0 amide bonds. The third-order valence-corrected chi connectivity index (χ3v) is 3.57. The normalized spacial score (nSPS) is 11.8. The van der Waals surface area contributed by atoms with Crippen molar-refractivity contribution in [1.29, 1.82) is 0 Å². The maximum atomic E-state index is 13.7. The predicted octanol–water partition coefficient (Wildman–Crippen LogP) is 4.15. The molecule has 0 fully saturated rings. The summed E-state index contributed by atoms with van der Waals surface area (Å²) < 4.78 is 52.8. The Hall–Kier alpha value is -2.22. The number of alkyl halides is 3. The van der Waals surface area contributed by atoms with Crippen LogP contribution in [0.3, 0.4) is 0 Å². The van der Waals surface area contributed by atoms with Gasteiger partial charge in [-0.1, -0.05) is 12.1 Å². The number of thiazole rings is 1. The van der Waals surface area contributed by atoms with E-state index in [0.29, 0.717) is 4.68 Å². The lowest BCUT2D eigenvalue weighted by molar-refractivity contribution is -0.142. The first-order valence-electron chi connectivity index (χ1n) is 5.79. The van der Waals surface area contributed by atoms with Crippen LogP contribution in [0, 0.1) is 5.82 Å². The minimum atomic E-state index is -4.53. The molecule has 0 unspecified atom stereocenters. The largest absolute Gasteiger partial charge is 0.433 e. The highest BCUT2D eigenvalue weighted by molar-refractivity contribution is 7.12. The molecular formula is C13H7F4N3S. The minimum absolute atomic E-state index is 0.0329. The van der Waals surface area contributed by atoms with Crippen LogP contribution in [0.15, 0.2) is 41.9 Å². The first-order chi connectivity index (χ1) is 9.97. The zero-order chi connectivity index (χ0) is 15.0. The van der Waals surface area contributed by atoms with Crippen molar-refractivity contribution in [3.63, 3.8) is 0 Å². The van der Waals surface area contributed by atoms with Crippen LogP contribution >= 0.6 is 11.3 Å². The van der Waals surface area contributed by atoms with Gasteiger partial charge in [0.25, 0.3) is 0 Å². The van der Waals surface area contributed by atoms with Crippen LogP contribution in [-0.4, -0.2) is 14.8 Å². The Kier molecular flexibility index (Phi) is 3.25. The Labute approximate surface area is 120 Å². The summed E-state index contributed by atoms with van der Waals surface area (Å²) in [6, 6.07) is 6.81. The van der Waals surface area contributed by atoms with Crippen molar-refractivity contribution in [3.8, 4) is 16.4 Å². The first kappa shape index (κ1) is 13.7. The Bertz CT molecular complexity index is 776. The molecule has 0 N–H and O–H groups in total. The van der Waals surface area contributed by atoms with Crippen molar-refractivity contribution >= 4 is 11.3 Å². The van der Waals surface area contributed by atoms with Crippen molar-refractivity contribution in [1.82, 2.24) is 14.8 Å². The van der Waals surface area contributed by atoms with E-state index in [0.717, 1.165) is 23.6 Å². The lowest BCUT2D eigenvalue weighted by Gasteiger charge is -2.07. The van der Waals surface area contributed by atoms with Crippen LogP contribution in [0.1, 0.15) is 5.69 Å². The molecule has 3 nitrogen and oxygen atoms in total. The third-order valence-electron chi connectivity index (χ3n) is 2.76. The van der Waals surface area contributed by atoms with Crippen LogP contribution in [0.25, 0.3) is 16.4 Å². The number of hydrogen-bond acceptors (Lipinski definition) is 3. The monoisotopic (exact) mass is 313 g/mol. The fourth-order valence-electron chi connectivity index (χ4n) is 1.82. The molecule has 21 heavy (non-hydrogen) atoms. The summed E-state index contributed by atoms with van der Waals surface area (Å²) in [5.41, 5.74) is -0.408. The van der Waals surface area contributed by atoms with Crippen LogP contribution in [0.2, 0.25) is 0 Å². The van der Waals surface area contributed by atoms with Gasteiger partial charge in [-0.2, -0.15) is 18.3 Å². The van der Waals surface area contributed by atoms with Gasteiger partial charge in [0.2, 0.25) is 5.13 Å². The lowest BCUT2D eigenvalue weighted by atomic mass is 10.2. The Balaban J connectivity index is 2.04. The van der Waals surface area contributed by atoms with Gasteiger partial charge in [0.15, 0.2) is 5.69 Å². The Morgan fingerprint density at radius 1 is 1.10 bits per heavy atom. The fourth-order valence-corrected chi connectivity index (χ4v) is 2.62. The molecule has 3 rings (SSSR count). The van der Waals surface area contributed by atoms with Gasteiger partial charge in [-0.25, -0.2) is 14.1 Å². The number of nitrogens with zero attached hydrogens (tertiary/aromatic N) is 3. The standard InChI is InChI=1S/C13H7F4N3S/c14-9-4-2-1-3-8(9)10-7-21-12(19-10)20-11(5-6-18-20)13(15,16)17/h1-7H. The van der Waals surface area contributed by atoms with Crippen LogP contribution in [-0.2, 0) is 6.18 Å². The van der Waals surface area contributed by atoms with Crippen LogP contribution < -0.4 is 0 Å². The summed E-state index contributed by atoms with van der Waals surface area (Å²) >= 11 is 0.964. The summed E-state index contributed by atoms with van der Waals surface area (Å²) in [5, 5.41) is 5.16. The average molecular weight is 313 g/mol. The van der Waals surface area contributed by atoms with E-state index in [-0.39, 0.29) is 16.4 Å². The first-order valence-corrected chi connectivity index (χ1v) is 6.67. The second-order valence-corrected chi connectivity index (χ2v) is 4.96. The van der Waals surface area contributed by atoms with E-state index in [9.17, 15) is 17.6 Å². The SMILES string of the molecule is Fc1ccccc1-c1csc(-n2nccc2C(F)(F)F)n1. The maximum absolute atomic E-state index is 13.7. The van der Waals surface area contributed by atoms with Gasteiger partial charge in [0, 0.05) is 10.9 Å². The molecule has 2 aromatic heterocycles. The van der Waals surface area contributed by atoms with Crippen LogP contribution in [0.4, 0.5) is 17.6 Å². The molecule has 0 aliphatic heterocycles. The molecule has 0 aliphatic rings. The summed E-state index contributed by atoms with van der Waals surface area (Å²) in [6.07, 6.45) is -3.48. The highest BCUT2D eigenvalue weighted by atomic mass is 32.1. The molecule has 0 bridgehead atoms.